The number of halogens is 1. The number of piperidine rings is 1. The molecule has 0 spiro atoms. The molecule has 2 aromatic rings. The fourth-order valence-corrected chi connectivity index (χ4v) is 3.18. The van der Waals surface area contributed by atoms with Crippen LogP contribution in [0.5, 0.6) is 0 Å². The summed E-state index contributed by atoms with van der Waals surface area (Å²) in [5, 5.41) is 6.11. The maximum Gasteiger partial charge on any atom is 0.0192 e. The summed E-state index contributed by atoms with van der Waals surface area (Å²) in [5.41, 5.74) is 1.45. The molecule has 1 unspecified atom stereocenters. The minimum atomic E-state index is 0. The smallest absolute Gasteiger partial charge is 0.0192 e. The summed E-state index contributed by atoms with van der Waals surface area (Å²) < 4.78 is 0. The molecule has 114 valence electrons. The molecule has 1 N–H and O–H groups in total. The number of hydrogen-bond donors (Lipinski definition) is 1. The first-order valence-corrected chi connectivity index (χ1v) is 7.72. The predicted molar refractivity (Wildman–Crippen MR) is 93.4 cm³/mol. The van der Waals surface area contributed by atoms with Crippen LogP contribution >= 0.6 is 12.4 Å². The van der Waals surface area contributed by atoms with Gasteiger partial charge in [0, 0.05) is 19.1 Å². The Labute approximate surface area is 133 Å². The van der Waals surface area contributed by atoms with E-state index in [1.807, 2.05) is 0 Å². The van der Waals surface area contributed by atoms with Crippen molar-refractivity contribution in [2.24, 2.45) is 0 Å². The molecule has 1 fully saturated rings. The zero-order chi connectivity index (χ0) is 13.8. The van der Waals surface area contributed by atoms with Gasteiger partial charge in [-0.3, -0.25) is 0 Å². The van der Waals surface area contributed by atoms with E-state index in [1.54, 1.807) is 0 Å². The molecule has 3 heteroatoms. The van der Waals surface area contributed by atoms with Gasteiger partial charge in [-0.1, -0.05) is 42.5 Å². The number of nitrogens with zero attached hydrogens (tertiary/aromatic N) is 1. The summed E-state index contributed by atoms with van der Waals surface area (Å²) in [6.45, 7) is 3.63. The Morgan fingerprint density at radius 1 is 1.14 bits per heavy atom. The largest absolute Gasteiger partial charge is 0.316 e. The van der Waals surface area contributed by atoms with E-state index in [0.29, 0.717) is 6.04 Å². The topological polar surface area (TPSA) is 15.3 Å². The predicted octanol–water partition coefficient (Wildman–Crippen LogP) is 3.49. The van der Waals surface area contributed by atoms with Crippen LogP contribution in [0.1, 0.15) is 18.4 Å². The number of likely N-dealkylation sites (N-methyl/N-ethyl adjacent to an activating group) is 1. The lowest BCUT2D eigenvalue weighted by Gasteiger charge is -2.32. The SMILES string of the molecule is CNC1CCCN(CCc2ccc3ccccc3c2)C1.Cl. The third-order valence-corrected chi connectivity index (χ3v) is 4.44. The van der Waals surface area contributed by atoms with E-state index in [9.17, 15) is 0 Å². The Balaban J connectivity index is 0.00000161. The van der Waals surface area contributed by atoms with Gasteiger partial charge in [0.25, 0.3) is 0 Å². The average Bonchev–Trinajstić information content (AvgIpc) is 2.53. The molecule has 0 aliphatic carbocycles. The van der Waals surface area contributed by atoms with Gasteiger partial charge in [-0.15, -0.1) is 12.4 Å². The van der Waals surface area contributed by atoms with Gasteiger partial charge in [-0.25, -0.2) is 0 Å². The molecule has 0 aromatic heterocycles. The highest BCUT2D eigenvalue weighted by Crippen LogP contribution is 2.17. The second-order valence-electron chi connectivity index (χ2n) is 5.86. The van der Waals surface area contributed by atoms with Gasteiger partial charge in [0.1, 0.15) is 0 Å². The van der Waals surface area contributed by atoms with Crippen molar-refractivity contribution in [1.82, 2.24) is 10.2 Å². The molecule has 2 nitrogen and oxygen atoms in total. The first-order valence-electron chi connectivity index (χ1n) is 7.72. The van der Waals surface area contributed by atoms with Crippen LogP contribution in [0.15, 0.2) is 42.5 Å². The summed E-state index contributed by atoms with van der Waals surface area (Å²) in [6, 6.07) is 16.2. The van der Waals surface area contributed by atoms with Crippen molar-refractivity contribution < 1.29 is 0 Å². The van der Waals surface area contributed by atoms with Crippen molar-refractivity contribution in [2.75, 3.05) is 26.7 Å². The summed E-state index contributed by atoms with van der Waals surface area (Å²) >= 11 is 0. The maximum atomic E-state index is 3.41. The maximum absolute atomic E-state index is 3.41. The lowest BCUT2D eigenvalue weighted by atomic mass is 10.0. The van der Waals surface area contributed by atoms with Crippen molar-refractivity contribution in [1.29, 1.82) is 0 Å². The molecule has 1 aliphatic rings. The van der Waals surface area contributed by atoms with E-state index >= 15 is 0 Å². The number of hydrogen-bond acceptors (Lipinski definition) is 2. The van der Waals surface area contributed by atoms with Crippen LogP contribution in [-0.2, 0) is 6.42 Å². The van der Waals surface area contributed by atoms with Gasteiger partial charge in [0.15, 0.2) is 0 Å². The molecule has 2 aromatic carbocycles. The third kappa shape index (κ3) is 4.19. The van der Waals surface area contributed by atoms with E-state index < -0.39 is 0 Å². The highest BCUT2D eigenvalue weighted by atomic mass is 35.5. The van der Waals surface area contributed by atoms with E-state index in [2.05, 4.69) is 59.7 Å². The van der Waals surface area contributed by atoms with E-state index in [1.165, 1.54) is 48.8 Å². The Morgan fingerprint density at radius 2 is 1.95 bits per heavy atom. The number of likely N-dealkylation sites (tertiary alicyclic amines) is 1. The Morgan fingerprint density at radius 3 is 2.76 bits per heavy atom. The van der Waals surface area contributed by atoms with Gasteiger partial charge in [-0.05, 0) is 49.2 Å². The second-order valence-corrected chi connectivity index (χ2v) is 5.86. The molecular formula is C18H25ClN2. The molecule has 1 saturated heterocycles. The van der Waals surface area contributed by atoms with Gasteiger partial charge >= 0.3 is 0 Å². The number of fused-ring (bicyclic) bond motifs is 1. The molecule has 0 bridgehead atoms. The quantitative estimate of drug-likeness (QED) is 0.930. The zero-order valence-electron chi connectivity index (χ0n) is 12.7. The molecule has 0 saturated carbocycles. The second kappa shape index (κ2) is 7.79. The van der Waals surface area contributed by atoms with Crippen molar-refractivity contribution in [2.45, 2.75) is 25.3 Å². The van der Waals surface area contributed by atoms with E-state index in [4.69, 9.17) is 0 Å². The Kier molecular flexibility index (Phi) is 6.04. The highest BCUT2D eigenvalue weighted by Gasteiger charge is 2.17. The van der Waals surface area contributed by atoms with Crippen LogP contribution in [0.2, 0.25) is 0 Å². The van der Waals surface area contributed by atoms with Gasteiger partial charge < -0.3 is 10.2 Å². The lowest BCUT2D eigenvalue weighted by molar-refractivity contribution is 0.197. The van der Waals surface area contributed by atoms with E-state index in [-0.39, 0.29) is 12.4 Å². The van der Waals surface area contributed by atoms with Crippen molar-refractivity contribution in [3.63, 3.8) is 0 Å². The third-order valence-electron chi connectivity index (χ3n) is 4.44. The standard InChI is InChI=1S/C18H24N2.ClH/c1-19-18-7-4-11-20(14-18)12-10-15-8-9-16-5-2-3-6-17(16)13-15;/h2-3,5-6,8-9,13,18-19H,4,7,10-12,14H2,1H3;1H. The van der Waals surface area contributed by atoms with Gasteiger partial charge in [0.05, 0.1) is 0 Å². The number of rotatable bonds is 4. The van der Waals surface area contributed by atoms with Crippen LogP contribution in [-0.4, -0.2) is 37.6 Å². The van der Waals surface area contributed by atoms with Crippen LogP contribution in [0, 0.1) is 0 Å². The normalized spacial score (nSPS) is 19.4. The van der Waals surface area contributed by atoms with Crippen LogP contribution in [0.25, 0.3) is 10.8 Å². The molecule has 1 aliphatic heterocycles. The van der Waals surface area contributed by atoms with Crippen molar-refractivity contribution >= 4 is 23.2 Å². The molecule has 1 heterocycles. The fourth-order valence-electron chi connectivity index (χ4n) is 3.18. The summed E-state index contributed by atoms with van der Waals surface area (Å²) in [7, 11) is 2.08. The summed E-state index contributed by atoms with van der Waals surface area (Å²) in [5.74, 6) is 0. The first kappa shape index (κ1) is 16.3. The van der Waals surface area contributed by atoms with Crippen LogP contribution in [0.3, 0.4) is 0 Å². The molecule has 0 radical (unpaired) electrons. The zero-order valence-corrected chi connectivity index (χ0v) is 13.5. The minimum absolute atomic E-state index is 0. The molecule has 1 atom stereocenters. The first-order chi connectivity index (χ1) is 9.85. The van der Waals surface area contributed by atoms with Gasteiger partial charge in [-0.2, -0.15) is 0 Å². The summed E-state index contributed by atoms with van der Waals surface area (Å²) in [4.78, 5) is 2.60. The average molecular weight is 305 g/mol. The van der Waals surface area contributed by atoms with E-state index in [0.717, 1.165) is 6.42 Å². The minimum Gasteiger partial charge on any atom is -0.316 e. The van der Waals surface area contributed by atoms with Crippen LogP contribution in [0.4, 0.5) is 0 Å². The molecule has 0 amide bonds. The van der Waals surface area contributed by atoms with Gasteiger partial charge in [0.2, 0.25) is 0 Å². The van der Waals surface area contributed by atoms with Crippen molar-refractivity contribution in [3.8, 4) is 0 Å². The highest BCUT2D eigenvalue weighted by molar-refractivity contribution is 5.85. The Hall–Kier alpha value is -1.09. The summed E-state index contributed by atoms with van der Waals surface area (Å²) in [6.07, 6.45) is 3.80. The lowest BCUT2D eigenvalue weighted by Crippen LogP contribution is -2.44. The number of benzene rings is 2. The molecule has 21 heavy (non-hydrogen) atoms. The fraction of sp³-hybridized carbons (Fsp3) is 0.444. The molecule has 3 rings (SSSR count). The molecular weight excluding hydrogens is 280 g/mol. The Bertz CT molecular complexity index is 570. The van der Waals surface area contributed by atoms with Crippen molar-refractivity contribution in [3.05, 3.63) is 48.0 Å². The van der Waals surface area contributed by atoms with Crippen LogP contribution < -0.4 is 5.32 Å². The monoisotopic (exact) mass is 304 g/mol. The number of nitrogens with one attached hydrogen (secondary N) is 1.